The number of aliphatic carboxylic acids is 1. The van der Waals surface area contributed by atoms with Gasteiger partial charge < -0.3 is 26.6 Å². The topological polar surface area (TPSA) is 128 Å². The summed E-state index contributed by atoms with van der Waals surface area (Å²) in [5.74, 6) is -1.24. The second-order valence-electron chi connectivity index (χ2n) is 4.73. The third kappa shape index (κ3) is 4.99. The number of nitrogens with two attached hydrogens (primary N) is 2. The lowest BCUT2D eigenvalue weighted by molar-refractivity contribution is -0.138. The lowest BCUT2D eigenvalue weighted by Crippen LogP contribution is -2.48. The summed E-state index contributed by atoms with van der Waals surface area (Å²) >= 11 is 0. The molecular weight excluding hydrogens is 238 g/mol. The molecule has 18 heavy (non-hydrogen) atoms. The van der Waals surface area contributed by atoms with E-state index in [0.717, 1.165) is 0 Å². The molecule has 0 aromatic carbocycles. The molecule has 0 saturated carbocycles. The summed E-state index contributed by atoms with van der Waals surface area (Å²) in [5.41, 5.74) is 10.9. The second-order valence-corrected chi connectivity index (χ2v) is 4.73. The summed E-state index contributed by atoms with van der Waals surface area (Å²) in [4.78, 5) is 22.1. The van der Waals surface area contributed by atoms with Crippen LogP contribution in [0.4, 0.5) is 0 Å². The van der Waals surface area contributed by atoms with Crippen molar-refractivity contribution in [3.05, 3.63) is 0 Å². The maximum atomic E-state index is 11.6. The molecule has 1 aliphatic rings. The number of carbonyl (C=O) groups is 2. The number of hydrogen-bond acceptors (Lipinski definition) is 5. The highest BCUT2D eigenvalue weighted by Crippen LogP contribution is 2.21. The standard InChI is InChI=1S/C11H21N3O4/c12-8(10(16)17)1-4-14-9(15)7-11(13)2-5-18-6-3-11/h8H,1-7,12-13H2,(H,14,15)(H,16,17)/t8-/m0/s1. The Kier molecular flexibility index (Phi) is 5.52. The van der Waals surface area contributed by atoms with E-state index in [2.05, 4.69) is 5.32 Å². The van der Waals surface area contributed by atoms with E-state index in [9.17, 15) is 9.59 Å². The van der Waals surface area contributed by atoms with Gasteiger partial charge in [0.1, 0.15) is 6.04 Å². The lowest BCUT2D eigenvalue weighted by atomic mass is 9.87. The predicted octanol–water partition coefficient (Wildman–Crippen LogP) is -1.20. The van der Waals surface area contributed by atoms with Gasteiger partial charge in [0.2, 0.25) is 5.91 Å². The van der Waals surface area contributed by atoms with Crippen molar-refractivity contribution in [1.82, 2.24) is 5.32 Å². The zero-order chi connectivity index (χ0) is 13.6. The molecule has 0 aromatic heterocycles. The van der Waals surface area contributed by atoms with Crippen LogP contribution in [0.15, 0.2) is 0 Å². The van der Waals surface area contributed by atoms with Crippen molar-refractivity contribution in [2.24, 2.45) is 11.5 Å². The molecule has 0 radical (unpaired) electrons. The van der Waals surface area contributed by atoms with Crippen molar-refractivity contribution in [2.75, 3.05) is 19.8 Å². The Balaban J connectivity index is 2.22. The zero-order valence-electron chi connectivity index (χ0n) is 10.4. The molecule has 7 nitrogen and oxygen atoms in total. The van der Waals surface area contributed by atoms with Crippen LogP contribution in [0.5, 0.6) is 0 Å². The fourth-order valence-electron chi connectivity index (χ4n) is 1.83. The van der Waals surface area contributed by atoms with Crippen molar-refractivity contribution in [1.29, 1.82) is 0 Å². The Morgan fingerprint density at radius 2 is 2.00 bits per heavy atom. The number of carbonyl (C=O) groups excluding carboxylic acids is 1. The van der Waals surface area contributed by atoms with E-state index >= 15 is 0 Å². The maximum absolute atomic E-state index is 11.6. The van der Waals surface area contributed by atoms with Gasteiger partial charge in [0.25, 0.3) is 0 Å². The highest BCUT2D eigenvalue weighted by molar-refractivity contribution is 5.77. The predicted molar refractivity (Wildman–Crippen MR) is 64.8 cm³/mol. The van der Waals surface area contributed by atoms with Gasteiger partial charge >= 0.3 is 5.97 Å². The molecule has 0 aromatic rings. The molecular formula is C11H21N3O4. The molecule has 104 valence electrons. The van der Waals surface area contributed by atoms with E-state index in [4.69, 9.17) is 21.3 Å². The van der Waals surface area contributed by atoms with Crippen molar-refractivity contribution in [3.8, 4) is 0 Å². The third-order valence-corrected chi connectivity index (χ3v) is 3.10. The number of carboxylic acid groups (broad SMARTS) is 1. The van der Waals surface area contributed by atoms with Gasteiger partial charge in [-0.3, -0.25) is 9.59 Å². The number of hydrogen-bond donors (Lipinski definition) is 4. The first-order chi connectivity index (χ1) is 8.43. The Bertz CT molecular complexity index is 303. The molecule has 6 N–H and O–H groups in total. The number of carboxylic acids is 1. The van der Waals surface area contributed by atoms with Crippen LogP contribution in [0, 0.1) is 0 Å². The van der Waals surface area contributed by atoms with Gasteiger partial charge in [-0.25, -0.2) is 0 Å². The molecule has 1 fully saturated rings. The average molecular weight is 259 g/mol. The highest BCUT2D eigenvalue weighted by Gasteiger charge is 2.30. The van der Waals surface area contributed by atoms with Gasteiger partial charge in [-0.1, -0.05) is 0 Å². The van der Waals surface area contributed by atoms with E-state index in [1.165, 1.54) is 0 Å². The number of rotatable bonds is 6. The van der Waals surface area contributed by atoms with E-state index in [1.54, 1.807) is 0 Å². The average Bonchev–Trinajstić information content (AvgIpc) is 2.28. The summed E-state index contributed by atoms with van der Waals surface area (Å²) in [6, 6.07) is -0.944. The van der Waals surface area contributed by atoms with Gasteiger partial charge in [0.05, 0.1) is 0 Å². The van der Waals surface area contributed by atoms with E-state index in [1.807, 2.05) is 0 Å². The lowest BCUT2D eigenvalue weighted by Gasteiger charge is -2.32. The molecule has 1 heterocycles. The van der Waals surface area contributed by atoms with E-state index < -0.39 is 17.6 Å². The molecule has 0 spiro atoms. The molecule has 0 aliphatic carbocycles. The van der Waals surface area contributed by atoms with Crippen LogP contribution in [-0.4, -0.2) is 48.3 Å². The Morgan fingerprint density at radius 1 is 1.39 bits per heavy atom. The minimum Gasteiger partial charge on any atom is -0.480 e. The van der Waals surface area contributed by atoms with Gasteiger partial charge in [-0.05, 0) is 19.3 Å². The third-order valence-electron chi connectivity index (χ3n) is 3.10. The first kappa shape index (κ1) is 14.9. The summed E-state index contributed by atoms with van der Waals surface area (Å²) in [6.45, 7) is 1.40. The molecule has 7 heteroatoms. The van der Waals surface area contributed by atoms with Gasteiger partial charge in [0, 0.05) is 31.7 Å². The quantitative estimate of drug-likeness (QED) is 0.474. The normalized spacial score (nSPS) is 20.1. The Labute approximate surface area is 106 Å². The van der Waals surface area contributed by atoms with Crippen LogP contribution in [0.2, 0.25) is 0 Å². The fourth-order valence-corrected chi connectivity index (χ4v) is 1.83. The molecule has 1 rings (SSSR count). The molecule has 1 amide bonds. The first-order valence-corrected chi connectivity index (χ1v) is 6.05. The van der Waals surface area contributed by atoms with Gasteiger partial charge in [-0.15, -0.1) is 0 Å². The number of nitrogens with one attached hydrogen (secondary N) is 1. The maximum Gasteiger partial charge on any atom is 0.320 e. The van der Waals surface area contributed by atoms with Crippen LogP contribution >= 0.6 is 0 Å². The molecule has 0 bridgehead atoms. The summed E-state index contributed by atoms with van der Waals surface area (Å²) in [5, 5.41) is 11.2. The van der Waals surface area contributed by atoms with Gasteiger partial charge in [0.15, 0.2) is 0 Å². The van der Waals surface area contributed by atoms with Crippen LogP contribution in [-0.2, 0) is 14.3 Å². The SMILES string of the molecule is N[C@@H](CCNC(=O)CC1(N)CCOCC1)C(=O)O. The van der Waals surface area contributed by atoms with E-state index in [-0.39, 0.29) is 25.3 Å². The van der Waals surface area contributed by atoms with E-state index in [0.29, 0.717) is 26.1 Å². The molecule has 0 unspecified atom stereocenters. The van der Waals surface area contributed by atoms with Gasteiger partial charge in [-0.2, -0.15) is 0 Å². The molecule has 1 atom stereocenters. The minimum atomic E-state index is -1.07. The number of ether oxygens (including phenoxy) is 1. The molecule has 1 aliphatic heterocycles. The second kappa shape index (κ2) is 6.67. The smallest absolute Gasteiger partial charge is 0.320 e. The van der Waals surface area contributed by atoms with Crippen LogP contribution in [0.25, 0.3) is 0 Å². The summed E-state index contributed by atoms with van der Waals surface area (Å²) in [6.07, 6.45) is 1.77. The first-order valence-electron chi connectivity index (χ1n) is 6.05. The largest absolute Gasteiger partial charge is 0.480 e. The summed E-state index contributed by atoms with van der Waals surface area (Å²) < 4.78 is 5.19. The van der Waals surface area contributed by atoms with Crippen LogP contribution in [0.3, 0.4) is 0 Å². The van der Waals surface area contributed by atoms with Crippen molar-refractivity contribution in [3.63, 3.8) is 0 Å². The molecule has 1 saturated heterocycles. The monoisotopic (exact) mass is 259 g/mol. The van der Waals surface area contributed by atoms with Crippen molar-refractivity contribution < 1.29 is 19.4 Å². The Morgan fingerprint density at radius 3 is 2.56 bits per heavy atom. The Hall–Kier alpha value is -1.18. The highest BCUT2D eigenvalue weighted by atomic mass is 16.5. The minimum absolute atomic E-state index is 0.169. The summed E-state index contributed by atoms with van der Waals surface area (Å²) in [7, 11) is 0. The fraction of sp³-hybridized carbons (Fsp3) is 0.818. The zero-order valence-corrected chi connectivity index (χ0v) is 10.4. The van der Waals surface area contributed by atoms with Crippen molar-refractivity contribution in [2.45, 2.75) is 37.3 Å². The van der Waals surface area contributed by atoms with Crippen molar-refractivity contribution >= 4 is 11.9 Å². The number of amides is 1. The van der Waals surface area contributed by atoms with Crippen LogP contribution < -0.4 is 16.8 Å². The van der Waals surface area contributed by atoms with Crippen LogP contribution in [0.1, 0.15) is 25.7 Å².